The summed E-state index contributed by atoms with van der Waals surface area (Å²) in [6.07, 6.45) is 0. The molecule has 9 heteroatoms. The van der Waals surface area contributed by atoms with Crippen molar-refractivity contribution in [2.45, 2.75) is 11.7 Å². The Labute approximate surface area is 158 Å². The van der Waals surface area contributed by atoms with Gasteiger partial charge in [-0.25, -0.2) is 10.8 Å². The lowest BCUT2D eigenvalue weighted by Gasteiger charge is -2.13. The maximum Gasteiger partial charge on any atom is 0.262 e. The number of ether oxygens (including phenoxy) is 2. The maximum absolute atomic E-state index is 13.0. The Morgan fingerprint density at radius 2 is 2.04 bits per heavy atom. The predicted octanol–water partition coefficient (Wildman–Crippen LogP) is 1.26. The zero-order valence-electron chi connectivity index (χ0n) is 14.2. The van der Waals surface area contributed by atoms with E-state index in [4.69, 9.17) is 15.3 Å². The van der Waals surface area contributed by atoms with Gasteiger partial charge in [0.05, 0.1) is 23.2 Å². The number of hydrazine groups is 1. The normalized spacial score (nSPS) is 12.3. The van der Waals surface area contributed by atoms with E-state index in [2.05, 4.69) is 10.4 Å². The third-order valence-electron chi connectivity index (χ3n) is 4.10. The van der Waals surface area contributed by atoms with Crippen molar-refractivity contribution in [3.05, 3.63) is 58.4 Å². The standard InChI is InChI=1S/C18H16N4O4S/c19-21-16(23)9-27-18-20-13-4-2-1-3-12(13)17(24)22(18)8-11-5-6-14-15(7-11)26-10-25-14/h1-7H,8-10,19H2,(H,21,23). The summed E-state index contributed by atoms with van der Waals surface area (Å²) in [7, 11) is 0. The summed E-state index contributed by atoms with van der Waals surface area (Å²) < 4.78 is 12.3. The van der Waals surface area contributed by atoms with Crippen molar-refractivity contribution >= 4 is 28.6 Å². The van der Waals surface area contributed by atoms with E-state index in [0.29, 0.717) is 34.1 Å². The number of carbonyl (C=O) groups is 1. The van der Waals surface area contributed by atoms with Crippen molar-refractivity contribution in [1.29, 1.82) is 0 Å². The lowest BCUT2D eigenvalue weighted by molar-refractivity contribution is -0.118. The summed E-state index contributed by atoms with van der Waals surface area (Å²) in [4.78, 5) is 29.1. The Kier molecular flexibility index (Phi) is 4.69. The number of rotatable bonds is 5. The summed E-state index contributed by atoms with van der Waals surface area (Å²) >= 11 is 1.16. The molecule has 2 aromatic carbocycles. The second-order valence-electron chi connectivity index (χ2n) is 5.85. The first-order valence-corrected chi connectivity index (χ1v) is 9.14. The lowest BCUT2D eigenvalue weighted by Crippen LogP contribution is -2.32. The van der Waals surface area contributed by atoms with Crippen LogP contribution >= 0.6 is 11.8 Å². The molecule has 0 fully saturated rings. The van der Waals surface area contributed by atoms with Gasteiger partial charge in [0.1, 0.15) is 0 Å². The third-order valence-corrected chi connectivity index (χ3v) is 5.07. The van der Waals surface area contributed by atoms with Crippen LogP contribution in [0.4, 0.5) is 0 Å². The summed E-state index contributed by atoms with van der Waals surface area (Å²) in [5.41, 5.74) is 3.35. The fourth-order valence-electron chi connectivity index (χ4n) is 2.79. The summed E-state index contributed by atoms with van der Waals surface area (Å²) in [6.45, 7) is 0.478. The minimum atomic E-state index is -0.350. The van der Waals surface area contributed by atoms with Crippen LogP contribution in [-0.4, -0.2) is 28.0 Å². The van der Waals surface area contributed by atoms with Crippen LogP contribution in [0.15, 0.2) is 52.4 Å². The minimum absolute atomic E-state index is 0.0580. The molecule has 0 unspecified atom stereocenters. The number of nitrogens with one attached hydrogen (secondary N) is 1. The van der Waals surface area contributed by atoms with Crippen molar-refractivity contribution in [2.75, 3.05) is 12.5 Å². The van der Waals surface area contributed by atoms with E-state index in [-0.39, 0.29) is 24.0 Å². The molecule has 1 aliphatic rings. The molecule has 0 radical (unpaired) electrons. The highest BCUT2D eigenvalue weighted by Gasteiger charge is 2.16. The molecule has 0 saturated heterocycles. The van der Waals surface area contributed by atoms with Gasteiger partial charge in [-0.05, 0) is 29.8 Å². The molecule has 138 valence electrons. The predicted molar refractivity (Wildman–Crippen MR) is 101 cm³/mol. The summed E-state index contributed by atoms with van der Waals surface area (Å²) in [5, 5.41) is 0.964. The molecule has 0 atom stereocenters. The van der Waals surface area contributed by atoms with E-state index in [1.165, 1.54) is 0 Å². The molecular weight excluding hydrogens is 368 g/mol. The minimum Gasteiger partial charge on any atom is -0.454 e. The highest BCUT2D eigenvalue weighted by Crippen LogP contribution is 2.33. The number of fused-ring (bicyclic) bond motifs is 2. The van der Waals surface area contributed by atoms with Gasteiger partial charge in [-0.1, -0.05) is 30.0 Å². The maximum atomic E-state index is 13.0. The molecule has 2 heterocycles. The average Bonchev–Trinajstić information content (AvgIpc) is 3.16. The number of benzene rings is 2. The van der Waals surface area contributed by atoms with Gasteiger partial charge in [0.25, 0.3) is 5.56 Å². The first-order chi connectivity index (χ1) is 13.2. The fourth-order valence-corrected chi connectivity index (χ4v) is 3.60. The number of carbonyl (C=O) groups excluding carboxylic acids is 1. The van der Waals surface area contributed by atoms with Crippen molar-refractivity contribution in [3.63, 3.8) is 0 Å². The van der Waals surface area contributed by atoms with Gasteiger partial charge in [0, 0.05) is 0 Å². The first-order valence-electron chi connectivity index (χ1n) is 8.16. The number of nitrogens with zero attached hydrogens (tertiary/aromatic N) is 2. The summed E-state index contributed by atoms with van der Waals surface area (Å²) in [5.74, 6) is 6.17. The molecule has 1 amide bonds. The molecule has 0 saturated carbocycles. The van der Waals surface area contributed by atoms with E-state index in [0.717, 1.165) is 17.3 Å². The molecule has 0 bridgehead atoms. The largest absolute Gasteiger partial charge is 0.454 e. The van der Waals surface area contributed by atoms with Crippen LogP contribution < -0.4 is 26.3 Å². The molecule has 4 rings (SSSR count). The molecule has 0 spiro atoms. The number of nitrogens with two attached hydrogens (primary N) is 1. The molecule has 8 nitrogen and oxygen atoms in total. The second-order valence-corrected chi connectivity index (χ2v) is 6.79. The number of para-hydroxylation sites is 1. The number of thioether (sulfide) groups is 1. The van der Waals surface area contributed by atoms with Gasteiger partial charge < -0.3 is 9.47 Å². The van der Waals surface area contributed by atoms with E-state index >= 15 is 0 Å². The SMILES string of the molecule is NNC(=O)CSc1nc2ccccc2c(=O)n1Cc1ccc2c(c1)OCO2. The zero-order chi connectivity index (χ0) is 18.8. The number of hydrogen-bond donors (Lipinski definition) is 2. The van der Waals surface area contributed by atoms with Gasteiger partial charge in [-0.15, -0.1) is 0 Å². The number of aromatic nitrogens is 2. The zero-order valence-corrected chi connectivity index (χ0v) is 15.0. The molecule has 1 aromatic heterocycles. The molecule has 0 aliphatic carbocycles. The first kappa shape index (κ1) is 17.4. The van der Waals surface area contributed by atoms with Crippen molar-refractivity contribution in [2.24, 2.45) is 5.84 Å². The molecule has 27 heavy (non-hydrogen) atoms. The number of hydrogen-bond acceptors (Lipinski definition) is 7. The lowest BCUT2D eigenvalue weighted by atomic mass is 10.2. The van der Waals surface area contributed by atoms with Crippen molar-refractivity contribution in [1.82, 2.24) is 15.0 Å². The van der Waals surface area contributed by atoms with Crippen LogP contribution in [0.25, 0.3) is 10.9 Å². The van der Waals surface area contributed by atoms with Gasteiger partial charge in [0.15, 0.2) is 16.7 Å². The highest BCUT2D eigenvalue weighted by molar-refractivity contribution is 7.99. The summed E-state index contributed by atoms with van der Waals surface area (Å²) in [6, 6.07) is 12.6. The number of amides is 1. The van der Waals surface area contributed by atoms with Crippen LogP contribution in [-0.2, 0) is 11.3 Å². The van der Waals surface area contributed by atoms with E-state index in [1.54, 1.807) is 22.8 Å². The quantitative estimate of drug-likeness (QED) is 0.224. The monoisotopic (exact) mass is 384 g/mol. The van der Waals surface area contributed by atoms with Crippen molar-refractivity contribution < 1.29 is 14.3 Å². The Bertz CT molecular complexity index is 1080. The van der Waals surface area contributed by atoms with Crippen LogP contribution in [0.5, 0.6) is 11.5 Å². The van der Waals surface area contributed by atoms with Gasteiger partial charge in [-0.2, -0.15) is 0 Å². The van der Waals surface area contributed by atoms with Crippen LogP contribution in [0.1, 0.15) is 5.56 Å². The second kappa shape index (κ2) is 7.29. The van der Waals surface area contributed by atoms with Crippen LogP contribution in [0, 0.1) is 0 Å². The van der Waals surface area contributed by atoms with Gasteiger partial charge in [-0.3, -0.25) is 19.6 Å². The Morgan fingerprint density at radius 1 is 1.22 bits per heavy atom. The Balaban J connectivity index is 1.75. The van der Waals surface area contributed by atoms with E-state index < -0.39 is 0 Å². The Morgan fingerprint density at radius 3 is 2.89 bits per heavy atom. The molecule has 3 N–H and O–H groups in total. The van der Waals surface area contributed by atoms with E-state index in [1.807, 2.05) is 24.3 Å². The fraction of sp³-hybridized carbons (Fsp3) is 0.167. The van der Waals surface area contributed by atoms with Crippen LogP contribution in [0.3, 0.4) is 0 Å². The third kappa shape index (κ3) is 3.46. The molecule has 1 aliphatic heterocycles. The van der Waals surface area contributed by atoms with E-state index in [9.17, 15) is 9.59 Å². The highest BCUT2D eigenvalue weighted by atomic mass is 32.2. The smallest absolute Gasteiger partial charge is 0.262 e. The topological polar surface area (TPSA) is 108 Å². The Hall–Kier alpha value is -3.04. The average molecular weight is 384 g/mol. The molecular formula is C18H16N4O4S. The van der Waals surface area contributed by atoms with Crippen molar-refractivity contribution in [3.8, 4) is 11.5 Å². The van der Waals surface area contributed by atoms with Gasteiger partial charge >= 0.3 is 0 Å². The molecule has 3 aromatic rings. The van der Waals surface area contributed by atoms with Gasteiger partial charge in [0.2, 0.25) is 12.7 Å². The van der Waals surface area contributed by atoms with Crippen LogP contribution in [0.2, 0.25) is 0 Å².